The van der Waals surface area contributed by atoms with Crippen molar-refractivity contribution < 1.29 is 9.59 Å². The molecular formula is C20H17ClN2O2. The number of aromatic nitrogens is 2. The highest BCUT2D eigenvalue weighted by molar-refractivity contribution is 6.32. The molecule has 0 amide bonds. The zero-order valence-electron chi connectivity index (χ0n) is 13.9. The predicted octanol–water partition coefficient (Wildman–Crippen LogP) is 4.89. The molecule has 0 aliphatic heterocycles. The Hall–Kier alpha value is -2.85. The maximum Gasteiger partial charge on any atom is 0.162 e. The zero-order chi connectivity index (χ0) is 18.2. The van der Waals surface area contributed by atoms with Crippen molar-refractivity contribution in [2.75, 3.05) is 0 Å². The van der Waals surface area contributed by atoms with Gasteiger partial charge in [-0.3, -0.25) is 14.6 Å². The quantitative estimate of drug-likeness (QED) is 0.497. The molecule has 3 aromatic rings. The number of nitrogens with zero attached hydrogens (tertiary/aromatic N) is 2. The van der Waals surface area contributed by atoms with Crippen LogP contribution in [-0.2, 0) is 0 Å². The molecule has 0 saturated heterocycles. The number of hydrogen-bond donors (Lipinski definition) is 0. The average molecular weight is 353 g/mol. The van der Waals surface area contributed by atoms with E-state index in [9.17, 15) is 9.59 Å². The first-order chi connectivity index (χ1) is 12.0. The van der Waals surface area contributed by atoms with Gasteiger partial charge in [-0.2, -0.15) is 0 Å². The van der Waals surface area contributed by atoms with Crippen LogP contribution in [0.25, 0.3) is 11.3 Å². The Labute approximate surface area is 151 Å². The van der Waals surface area contributed by atoms with Crippen LogP contribution in [0, 0.1) is 0 Å². The maximum atomic E-state index is 11.4. The molecule has 126 valence electrons. The van der Waals surface area contributed by atoms with Crippen molar-refractivity contribution in [3.63, 3.8) is 0 Å². The third-order valence-electron chi connectivity index (χ3n) is 3.37. The molecule has 0 unspecified atom stereocenters. The third-order valence-corrected chi connectivity index (χ3v) is 3.67. The van der Waals surface area contributed by atoms with Crippen LogP contribution in [0.5, 0.6) is 0 Å². The van der Waals surface area contributed by atoms with Gasteiger partial charge in [-0.1, -0.05) is 41.9 Å². The van der Waals surface area contributed by atoms with Gasteiger partial charge < -0.3 is 0 Å². The molecule has 0 aliphatic carbocycles. The summed E-state index contributed by atoms with van der Waals surface area (Å²) in [6, 6.07) is 16.6. The van der Waals surface area contributed by atoms with Crippen molar-refractivity contribution in [2.24, 2.45) is 0 Å². The average Bonchev–Trinajstić information content (AvgIpc) is 2.63. The molecule has 25 heavy (non-hydrogen) atoms. The molecular weight excluding hydrogens is 336 g/mol. The second-order valence-electron chi connectivity index (χ2n) is 5.22. The number of ketones is 2. The van der Waals surface area contributed by atoms with Crippen molar-refractivity contribution in [2.45, 2.75) is 13.8 Å². The molecule has 2 heterocycles. The third kappa shape index (κ3) is 5.06. The first kappa shape index (κ1) is 18.5. The highest BCUT2D eigenvalue weighted by Crippen LogP contribution is 2.20. The number of pyridine rings is 2. The van der Waals surface area contributed by atoms with Gasteiger partial charge in [0.15, 0.2) is 11.6 Å². The lowest BCUT2D eigenvalue weighted by Crippen LogP contribution is -1.97. The standard InChI is InChI=1S/C13H11NO.C7H6ClNO/c1-10(15)12-8-5-9-14-13(12)11-6-3-2-4-7-11;1-5(10)6-3-2-4-9-7(6)8/h2-9H,1H3;2-4H,1H3. The van der Waals surface area contributed by atoms with E-state index in [-0.39, 0.29) is 16.7 Å². The monoisotopic (exact) mass is 352 g/mol. The summed E-state index contributed by atoms with van der Waals surface area (Å²) >= 11 is 5.59. The van der Waals surface area contributed by atoms with Crippen LogP contribution in [-0.4, -0.2) is 21.5 Å². The smallest absolute Gasteiger partial charge is 0.162 e. The molecule has 0 spiro atoms. The predicted molar refractivity (Wildman–Crippen MR) is 98.9 cm³/mol. The Morgan fingerprint density at radius 1 is 0.760 bits per heavy atom. The summed E-state index contributed by atoms with van der Waals surface area (Å²) in [6.07, 6.45) is 3.25. The lowest BCUT2D eigenvalue weighted by molar-refractivity contribution is 0.100. The van der Waals surface area contributed by atoms with E-state index in [1.165, 1.54) is 6.92 Å². The van der Waals surface area contributed by atoms with Crippen molar-refractivity contribution in [3.05, 3.63) is 83.3 Å². The number of halogens is 1. The lowest BCUT2D eigenvalue weighted by atomic mass is 10.0. The molecule has 0 fully saturated rings. The minimum Gasteiger partial charge on any atom is -0.294 e. The summed E-state index contributed by atoms with van der Waals surface area (Å²) in [5.41, 5.74) is 2.88. The van der Waals surface area contributed by atoms with Gasteiger partial charge in [0.1, 0.15) is 5.15 Å². The molecule has 1 aromatic carbocycles. The largest absolute Gasteiger partial charge is 0.294 e. The Morgan fingerprint density at radius 3 is 1.84 bits per heavy atom. The molecule has 0 saturated carbocycles. The van der Waals surface area contributed by atoms with Gasteiger partial charge in [-0.05, 0) is 38.1 Å². The number of Topliss-reactive ketones (excluding diaryl/α,β-unsaturated/α-hetero) is 2. The van der Waals surface area contributed by atoms with E-state index in [0.717, 1.165) is 11.3 Å². The molecule has 3 rings (SSSR count). The fourth-order valence-electron chi connectivity index (χ4n) is 2.16. The lowest BCUT2D eigenvalue weighted by Gasteiger charge is -2.04. The van der Waals surface area contributed by atoms with Gasteiger partial charge in [0.2, 0.25) is 0 Å². The zero-order valence-corrected chi connectivity index (χ0v) is 14.7. The number of benzene rings is 1. The van der Waals surface area contributed by atoms with Gasteiger partial charge in [0.25, 0.3) is 0 Å². The van der Waals surface area contributed by atoms with Crippen LogP contribution >= 0.6 is 11.6 Å². The summed E-state index contributed by atoms with van der Waals surface area (Å²) in [4.78, 5) is 30.1. The van der Waals surface area contributed by atoms with Gasteiger partial charge in [-0.15, -0.1) is 0 Å². The molecule has 0 radical (unpaired) electrons. The van der Waals surface area contributed by atoms with Gasteiger partial charge in [-0.25, -0.2) is 4.98 Å². The van der Waals surface area contributed by atoms with E-state index in [1.807, 2.05) is 30.3 Å². The van der Waals surface area contributed by atoms with Crippen molar-refractivity contribution >= 4 is 23.2 Å². The first-order valence-corrected chi connectivity index (χ1v) is 8.01. The number of hydrogen-bond acceptors (Lipinski definition) is 4. The second-order valence-corrected chi connectivity index (χ2v) is 5.58. The van der Waals surface area contributed by atoms with Crippen molar-refractivity contribution in [1.29, 1.82) is 0 Å². The van der Waals surface area contributed by atoms with E-state index in [4.69, 9.17) is 11.6 Å². The Bertz CT molecular complexity index is 880. The summed E-state index contributed by atoms with van der Waals surface area (Å²) in [6.45, 7) is 3.02. The van der Waals surface area contributed by atoms with Crippen molar-refractivity contribution in [1.82, 2.24) is 9.97 Å². The summed E-state index contributed by atoms with van der Waals surface area (Å²) in [7, 11) is 0. The first-order valence-electron chi connectivity index (χ1n) is 7.63. The fraction of sp³-hybridized carbons (Fsp3) is 0.100. The normalized spacial score (nSPS) is 9.72. The van der Waals surface area contributed by atoms with Crippen LogP contribution in [0.4, 0.5) is 0 Å². The summed E-state index contributed by atoms with van der Waals surface area (Å²) < 4.78 is 0. The van der Waals surface area contributed by atoms with Gasteiger partial charge in [0.05, 0.1) is 11.3 Å². The Kier molecular flexibility index (Phi) is 6.54. The van der Waals surface area contributed by atoms with E-state index >= 15 is 0 Å². The molecule has 0 N–H and O–H groups in total. The minimum absolute atomic E-state index is 0.0435. The molecule has 0 bridgehead atoms. The van der Waals surface area contributed by atoms with Gasteiger partial charge in [0, 0.05) is 23.5 Å². The fourth-order valence-corrected chi connectivity index (χ4v) is 2.42. The number of rotatable bonds is 3. The van der Waals surface area contributed by atoms with E-state index in [0.29, 0.717) is 11.1 Å². The van der Waals surface area contributed by atoms with Gasteiger partial charge >= 0.3 is 0 Å². The highest BCUT2D eigenvalue weighted by atomic mass is 35.5. The van der Waals surface area contributed by atoms with E-state index < -0.39 is 0 Å². The van der Waals surface area contributed by atoms with E-state index in [1.54, 1.807) is 43.6 Å². The van der Waals surface area contributed by atoms with Crippen LogP contribution in [0.15, 0.2) is 67.0 Å². The number of carbonyl (C=O) groups excluding carboxylic acids is 2. The topological polar surface area (TPSA) is 59.9 Å². The van der Waals surface area contributed by atoms with Crippen LogP contribution in [0.3, 0.4) is 0 Å². The SMILES string of the molecule is CC(=O)c1cccnc1-c1ccccc1.CC(=O)c1cccnc1Cl. The Balaban J connectivity index is 0.000000196. The molecule has 0 aliphatic rings. The van der Waals surface area contributed by atoms with Crippen LogP contribution in [0.1, 0.15) is 34.6 Å². The number of carbonyl (C=O) groups is 2. The van der Waals surface area contributed by atoms with E-state index in [2.05, 4.69) is 9.97 Å². The molecule has 5 heteroatoms. The summed E-state index contributed by atoms with van der Waals surface area (Å²) in [5.74, 6) is -0.0138. The second kappa shape index (κ2) is 8.85. The highest BCUT2D eigenvalue weighted by Gasteiger charge is 2.08. The van der Waals surface area contributed by atoms with Crippen molar-refractivity contribution in [3.8, 4) is 11.3 Å². The summed E-state index contributed by atoms with van der Waals surface area (Å²) in [5, 5.41) is 0.273. The minimum atomic E-state index is -0.0573. The molecule has 2 aromatic heterocycles. The molecule has 4 nitrogen and oxygen atoms in total. The Morgan fingerprint density at radius 2 is 1.32 bits per heavy atom. The maximum absolute atomic E-state index is 11.4. The van der Waals surface area contributed by atoms with Crippen LogP contribution in [0.2, 0.25) is 5.15 Å². The van der Waals surface area contributed by atoms with Crippen LogP contribution < -0.4 is 0 Å². The molecule has 0 atom stereocenters.